The van der Waals surface area contributed by atoms with Gasteiger partial charge in [-0.15, -0.1) is 0 Å². The zero-order valence-electron chi connectivity index (χ0n) is 19.7. The molecule has 3 aromatic rings. The summed E-state index contributed by atoms with van der Waals surface area (Å²) in [7, 11) is -3.65. The van der Waals surface area contributed by atoms with Crippen molar-refractivity contribution in [2.75, 3.05) is 19.6 Å². The number of nitrogens with one attached hydrogen (secondary N) is 1. The van der Waals surface area contributed by atoms with Crippen molar-refractivity contribution < 1.29 is 13.2 Å². The highest BCUT2D eigenvalue weighted by Crippen LogP contribution is 2.32. The Hall–Kier alpha value is -3.47. The molecule has 7 heteroatoms. The third-order valence-corrected chi connectivity index (χ3v) is 8.80. The van der Waals surface area contributed by atoms with Crippen LogP contribution in [-0.2, 0) is 20.2 Å². The summed E-state index contributed by atoms with van der Waals surface area (Å²) >= 11 is 0. The maximum absolute atomic E-state index is 13.1. The Labute approximate surface area is 207 Å². The summed E-state index contributed by atoms with van der Waals surface area (Å²) in [5, 5.41) is 12.1. The van der Waals surface area contributed by atoms with E-state index < -0.39 is 15.4 Å². The van der Waals surface area contributed by atoms with Crippen molar-refractivity contribution in [2.24, 2.45) is 5.92 Å². The second-order valence-electron chi connectivity index (χ2n) is 9.10. The molecular formula is C28H29N3O3S. The van der Waals surface area contributed by atoms with Gasteiger partial charge in [0.2, 0.25) is 15.9 Å². The number of nitriles is 1. The molecule has 0 unspecified atom stereocenters. The fraction of sp³-hybridized carbons (Fsp3) is 0.286. The highest BCUT2D eigenvalue weighted by atomic mass is 32.2. The van der Waals surface area contributed by atoms with Crippen molar-refractivity contribution in [1.82, 2.24) is 9.62 Å². The predicted molar refractivity (Wildman–Crippen MR) is 135 cm³/mol. The zero-order valence-corrected chi connectivity index (χ0v) is 20.5. The molecule has 4 rings (SSSR count). The number of nitrogens with zero attached hydrogens (tertiary/aromatic N) is 2. The maximum atomic E-state index is 13.1. The van der Waals surface area contributed by atoms with E-state index in [1.54, 1.807) is 0 Å². The standard InChI is InChI=1S/C28H29N3O3S/c1-28(24-8-4-2-5-9-24,25-10-6-3-7-11-25)21-30-27(32)23-16-18-31(19-17-23)35(33,34)26-14-12-22(20-29)13-15-26/h2-15,23H,16-19,21H2,1H3,(H,30,32). The van der Waals surface area contributed by atoms with Gasteiger partial charge in [0.15, 0.2) is 0 Å². The van der Waals surface area contributed by atoms with E-state index in [-0.39, 0.29) is 29.8 Å². The Balaban J connectivity index is 1.41. The quantitative estimate of drug-likeness (QED) is 0.544. The SMILES string of the molecule is CC(CNC(=O)C1CCN(S(=O)(=O)c2ccc(C#N)cc2)CC1)(c1ccccc1)c1ccccc1. The first-order chi connectivity index (χ1) is 16.8. The second kappa shape index (κ2) is 10.4. The molecule has 1 aliphatic rings. The van der Waals surface area contributed by atoms with E-state index in [0.717, 1.165) is 11.1 Å². The molecule has 3 aromatic carbocycles. The van der Waals surface area contributed by atoms with Gasteiger partial charge in [-0.1, -0.05) is 60.7 Å². The molecule has 0 saturated carbocycles. The lowest BCUT2D eigenvalue weighted by atomic mass is 9.76. The number of carbonyl (C=O) groups excluding carboxylic acids is 1. The van der Waals surface area contributed by atoms with E-state index in [0.29, 0.717) is 24.9 Å². The maximum Gasteiger partial charge on any atom is 0.243 e. The lowest BCUT2D eigenvalue weighted by molar-refractivity contribution is -0.126. The number of hydrogen-bond acceptors (Lipinski definition) is 4. The molecule has 0 spiro atoms. The fourth-order valence-corrected chi connectivity index (χ4v) is 6.07. The molecule has 1 saturated heterocycles. The first kappa shape index (κ1) is 24.6. The van der Waals surface area contributed by atoms with Crippen LogP contribution >= 0.6 is 0 Å². The molecule has 1 amide bonds. The zero-order chi connectivity index (χ0) is 24.9. The Morgan fingerprint density at radius 3 is 1.94 bits per heavy atom. The number of sulfonamides is 1. The van der Waals surface area contributed by atoms with Crippen LogP contribution in [0.4, 0.5) is 0 Å². The van der Waals surface area contributed by atoms with Gasteiger partial charge in [0, 0.05) is 31.0 Å². The average molecular weight is 488 g/mol. The Kier molecular flexibility index (Phi) is 7.34. The highest BCUT2D eigenvalue weighted by molar-refractivity contribution is 7.89. The van der Waals surface area contributed by atoms with E-state index in [2.05, 4.69) is 36.5 Å². The summed E-state index contributed by atoms with van der Waals surface area (Å²) < 4.78 is 27.4. The average Bonchev–Trinajstić information content (AvgIpc) is 2.92. The van der Waals surface area contributed by atoms with Gasteiger partial charge in [0.25, 0.3) is 0 Å². The van der Waals surface area contributed by atoms with E-state index in [1.165, 1.54) is 28.6 Å². The van der Waals surface area contributed by atoms with Gasteiger partial charge in [-0.3, -0.25) is 4.79 Å². The highest BCUT2D eigenvalue weighted by Gasteiger charge is 2.34. The lowest BCUT2D eigenvalue weighted by Gasteiger charge is -2.34. The van der Waals surface area contributed by atoms with E-state index in [1.807, 2.05) is 42.5 Å². The van der Waals surface area contributed by atoms with Gasteiger partial charge < -0.3 is 5.32 Å². The van der Waals surface area contributed by atoms with Crippen LogP contribution in [0.1, 0.15) is 36.5 Å². The summed E-state index contributed by atoms with van der Waals surface area (Å²) in [5.41, 5.74) is 2.26. The van der Waals surface area contributed by atoms with Gasteiger partial charge in [-0.05, 0) is 55.2 Å². The van der Waals surface area contributed by atoms with Crippen LogP contribution in [0.15, 0.2) is 89.8 Å². The van der Waals surface area contributed by atoms with Gasteiger partial charge in [0.1, 0.15) is 0 Å². The van der Waals surface area contributed by atoms with Crippen LogP contribution in [0.2, 0.25) is 0 Å². The van der Waals surface area contributed by atoms with Crippen LogP contribution in [0.3, 0.4) is 0 Å². The Bertz CT molecular complexity index is 1250. The van der Waals surface area contributed by atoms with E-state index in [4.69, 9.17) is 5.26 Å². The third kappa shape index (κ3) is 5.29. The monoisotopic (exact) mass is 487 g/mol. The van der Waals surface area contributed by atoms with Crippen molar-refractivity contribution in [2.45, 2.75) is 30.1 Å². The number of amides is 1. The third-order valence-electron chi connectivity index (χ3n) is 6.88. The Morgan fingerprint density at radius 2 is 1.46 bits per heavy atom. The van der Waals surface area contributed by atoms with E-state index in [9.17, 15) is 13.2 Å². The normalized spacial score (nSPS) is 15.3. The van der Waals surface area contributed by atoms with Crippen LogP contribution in [0, 0.1) is 17.2 Å². The molecule has 1 N–H and O–H groups in total. The second-order valence-corrected chi connectivity index (χ2v) is 11.0. The van der Waals surface area contributed by atoms with Gasteiger partial charge in [-0.25, -0.2) is 8.42 Å². The number of benzene rings is 3. The molecule has 1 heterocycles. The molecule has 0 aliphatic carbocycles. The minimum absolute atomic E-state index is 0.0430. The summed E-state index contributed by atoms with van der Waals surface area (Å²) in [6.07, 6.45) is 0.934. The van der Waals surface area contributed by atoms with Crippen LogP contribution < -0.4 is 5.32 Å². The summed E-state index contributed by atoms with van der Waals surface area (Å²) in [4.78, 5) is 13.3. The molecule has 0 aromatic heterocycles. The molecule has 0 radical (unpaired) electrons. The van der Waals surface area contributed by atoms with Crippen LogP contribution in [0.5, 0.6) is 0 Å². The van der Waals surface area contributed by atoms with Gasteiger partial charge in [0.05, 0.1) is 16.5 Å². The fourth-order valence-electron chi connectivity index (χ4n) is 4.60. The van der Waals surface area contributed by atoms with Crippen molar-refractivity contribution in [1.29, 1.82) is 5.26 Å². The van der Waals surface area contributed by atoms with Gasteiger partial charge in [-0.2, -0.15) is 9.57 Å². The van der Waals surface area contributed by atoms with Gasteiger partial charge >= 0.3 is 0 Å². The molecule has 0 bridgehead atoms. The minimum Gasteiger partial charge on any atom is -0.355 e. The van der Waals surface area contributed by atoms with Crippen molar-refractivity contribution in [3.8, 4) is 6.07 Å². The minimum atomic E-state index is -3.65. The first-order valence-corrected chi connectivity index (χ1v) is 13.2. The molecule has 35 heavy (non-hydrogen) atoms. The molecule has 0 atom stereocenters. The Morgan fingerprint density at radius 1 is 0.943 bits per heavy atom. The largest absolute Gasteiger partial charge is 0.355 e. The number of carbonyl (C=O) groups is 1. The number of rotatable bonds is 7. The molecular weight excluding hydrogens is 458 g/mol. The van der Waals surface area contributed by atoms with Crippen molar-refractivity contribution in [3.63, 3.8) is 0 Å². The molecule has 1 fully saturated rings. The number of piperidine rings is 1. The van der Waals surface area contributed by atoms with Crippen LogP contribution in [0.25, 0.3) is 0 Å². The summed E-state index contributed by atoms with van der Waals surface area (Å²) in [5.74, 6) is -0.281. The summed E-state index contributed by atoms with van der Waals surface area (Å²) in [6, 6.07) is 28.2. The lowest BCUT2D eigenvalue weighted by Crippen LogP contribution is -2.46. The predicted octanol–water partition coefficient (Wildman–Crippen LogP) is 4.08. The smallest absolute Gasteiger partial charge is 0.243 e. The van der Waals surface area contributed by atoms with Crippen LogP contribution in [-0.4, -0.2) is 38.3 Å². The molecule has 6 nitrogen and oxygen atoms in total. The summed E-state index contributed by atoms with van der Waals surface area (Å²) in [6.45, 7) is 3.15. The van der Waals surface area contributed by atoms with Crippen molar-refractivity contribution in [3.05, 3.63) is 102 Å². The number of hydrogen-bond donors (Lipinski definition) is 1. The molecule has 180 valence electrons. The molecule has 1 aliphatic heterocycles. The topological polar surface area (TPSA) is 90.3 Å². The first-order valence-electron chi connectivity index (χ1n) is 11.7. The van der Waals surface area contributed by atoms with Crippen molar-refractivity contribution >= 4 is 15.9 Å². The van der Waals surface area contributed by atoms with E-state index >= 15 is 0 Å².